The molecule has 0 atom stereocenters. The molecule has 0 bridgehead atoms. The fraction of sp³-hybridized carbons (Fsp3) is 0.0385. The van der Waals surface area contributed by atoms with Crippen LogP contribution in [0.2, 0.25) is 5.02 Å². The summed E-state index contributed by atoms with van der Waals surface area (Å²) >= 11 is 9.52. The molecule has 2 aromatic heterocycles. The first-order valence-corrected chi connectivity index (χ1v) is 13.2. The molecule has 12 heteroatoms. The van der Waals surface area contributed by atoms with Gasteiger partial charge in [0.05, 0.1) is 17.6 Å². The fourth-order valence-electron chi connectivity index (χ4n) is 3.45. The van der Waals surface area contributed by atoms with Gasteiger partial charge in [-0.1, -0.05) is 57.9 Å². The Morgan fingerprint density at radius 1 is 0.974 bits per heavy atom. The fourth-order valence-corrected chi connectivity index (χ4v) is 4.06. The van der Waals surface area contributed by atoms with E-state index in [0.29, 0.717) is 33.1 Å². The van der Waals surface area contributed by atoms with E-state index >= 15 is 0 Å². The number of carbonyl (C=O) groups excluding carboxylic acids is 1. The van der Waals surface area contributed by atoms with Crippen molar-refractivity contribution < 1.29 is 17.9 Å². The number of fused-ring (bicyclic) bond motifs is 1. The van der Waals surface area contributed by atoms with Crippen LogP contribution in [0.4, 0.5) is 0 Å². The monoisotopic (exact) mass is 612 g/mol. The van der Waals surface area contributed by atoms with Crippen molar-refractivity contribution in [1.29, 1.82) is 0 Å². The van der Waals surface area contributed by atoms with Crippen molar-refractivity contribution >= 4 is 60.4 Å². The van der Waals surface area contributed by atoms with Crippen LogP contribution in [-0.2, 0) is 19.8 Å². The molecule has 0 aliphatic rings. The number of hydrogen-bond donors (Lipinski definition) is 0. The normalized spacial score (nSPS) is 10.4. The largest absolute Gasteiger partial charge is 0.418 e. The van der Waals surface area contributed by atoms with Gasteiger partial charge < -0.3 is 4.74 Å². The molecule has 0 fully saturated rings. The summed E-state index contributed by atoms with van der Waals surface area (Å²) in [5, 5.41) is 5.48. The molecule has 5 rings (SSSR count). The van der Waals surface area contributed by atoms with Crippen molar-refractivity contribution in [2.24, 2.45) is 0 Å². The van der Waals surface area contributed by atoms with Gasteiger partial charge in [-0.3, -0.25) is 14.2 Å². The van der Waals surface area contributed by atoms with E-state index in [9.17, 15) is 18.0 Å². The van der Waals surface area contributed by atoms with Crippen LogP contribution in [0.3, 0.4) is 0 Å². The number of halogens is 2. The van der Waals surface area contributed by atoms with Crippen LogP contribution in [0.1, 0.15) is 6.92 Å². The Morgan fingerprint density at radius 2 is 1.63 bits per heavy atom. The van der Waals surface area contributed by atoms with Crippen LogP contribution in [0.5, 0.6) is 0 Å². The number of esters is 1. The molecule has 0 unspecified atom stereocenters. The van der Waals surface area contributed by atoms with Gasteiger partial charge in [-0.25, -0.2) is 9.67 Å². The minimum atomic E-state index is -2.40. The van der Waals surface area contributed by atoms with Crippen molar-refractivity contribution in [1.82, 2.24) is 19.3 Å². The topological polar surface area (TPSA) is 113 Å². The third kappa shape index (κ3) is 6.25. The summed E-state index contributed by atoms with van der Waals surface area (Å²) in [6.07, 6.45) is 1.56. The number of hydrogen-bond acceptors (Lipinski definition) is 7. The van der Waals surface area contributed by atoms with Gasteiger partial charge in [0, 0.05) is 22.0 Å². The average Bonchev–Trinajstić information content (AvgIpc) is 3.34. The Balaban J connectivity index is 0.000000368. The van der Waals surface area contributed by atoms with Crippen LogP contribution in [0.25, 0.3) is 33.8 Å². The molecule has 3 aromatic carbocycles. The zero-order chi connectivity index (χ0) is 27.2. The highest BCUT2D eigenvalue weighted by atomic mass is 79.9. The third-order valence-corrected chi connectivity index (χ3v) is 6.12. The van der Waals surface area contributed by atoms with Gasteiger partial charge in [0.1, 0.15) is 11.2 Å². The van der Waals surface area contributed by atoms with Crippen molar-refractivity contribution in [2.75, 3.05) is 0 Å². The average molecular weight is 614 g/mol. The molecule has 0 aliphatic heterocycles. The number of carbonyl (C=O) groups is 1. The minimum absolute atomic E-state index is 0.192. The summed E-state index contributed by atoms with van der Waals surface area (Å²) in [6, 6.07) is 24.5. The Hall–Kier alpha value is -4.06. The molecule has 0 spiro atoms. The number of rotatable bonds is 4. The highest BCUT2D eigenvalue weighted by molar-refractivity contribution is 9.10. The Kier molecular flexibility index (Phi) is 8.52. The molecule has 0 N–H and O–H groups in total. The predicted octanol–water partition coefficient (Wildman–Crippen LogP) is 4.84. The summed E-state index contributed by atoms with van der Waals surface area (Å²) in [7, 11) is -2.40. The lowest BCUT2D eigenvalue weighted by atomic mass is 10.2. The Morgan fingerprint density at radius 3 is 2.21 bits per heavy atom. The Labute approximate surface area is 231 Å². The lowest BCUT2D eigenvalue weighted by molar-refractivity contribution is -0.132. The van der Waals surface area contributed by atoms with Crippen LogP contribution in [0, 0.1) is 0 Å². The molecule has 192 valence electrons. The highest BCUT2D eigenvalue weighted by Gasteiger charge is 2.18. The van der Waals surface area contributed by atoms with Gasteiger partial charge in [-0.05, 0) is 48.5 Å². The molecule has 0 amide bonds. The van der Waals surface area contributed by atoms with Gasteiger partial charge >= 0.3 is 5.97 Å². The zero-order valence-corrected chi connectivity index (χ0v) is 22.8. The first kappa shape index (κ1) is 27.0. The van der Waals surface area contributed by atoms with Crippen molar-refractivity contribution in [3.05, 3.63) is 105 Å². The van der Waals surface area contributed by atoms with Crippen LogP contribution < -0.4 is 5.56 Å². The molecular weight excluding hydrogens is 596 g/mol. The molecule has 38 heavy (non-hydrogen) atoms. The van der Waals surface area contributed by atoms with E-state index in [1.807, 2.05) is 54.6 Å². The summed E-state index contributed by atoms with van der Waals surface area (Å²) in [5.74, 6) is -0.116. The molecular formula is C26H18BrClN4O5S. The predicted molar refractivity (Wildman–Crippen MR) is 149 cm³/mol. The van der Waals surface area contributed by atoms with Crippen LogP contribution in [-0.4, -0.2) is 39.3 Å². The number of ether oxygens (including phenoxy) is 1. The summed E-state index contributed by atoms with van der Waals surface area (Å²) in [5.41, 5.74) is 3.08. The van der Waals surface area contributed by atoms with E-state index in [4.69, 9.17) is 16.6 Å². The maximum absolute atomic E-state index is 13.5. The number of aromatic nitrogens is 4. The standard InChI is InChI=1S/C23H14BrClN4O.C3H4O4S/c24-16-8-6-15(7-9-16)21-27-22-20(14-26-29(22)19-4-2-1-3-5-19)23(30)28(21)18-12-10-17(25)11-13-18;1-3(4)7-2-8(5)6/h1-14H;2H,1H3. The smallest absolute Gasteiger partial charge is 0.308 e. The highest BCUT2D eigenvalue weighted by Crippen LogP contribution is 2.25. The molecule has 0 saturated heterocycles. The quantitative estimate of drug-likeness (QED) is 0.211. The van der Waals surface area contributed by atoms with Crippen LogP contribution >= 0.6 is 27.5 Å². The Bertz CT molecular complexity index is 1790. The number of nitrogens with zero attached hydrogens (tertiary/aromatic N) is 4. The van der Waals surface area contributed by atoms with E-state index in [-0.39, 0.29) is 5.56 Å². The second kappa shape index (κ2) is 12.0. The minimum Gasteiger partial charge on any atom is -0.418 e. The summed E-state index contributed by atoms with van der Waals surface area (Å²) in [6.45, 7) is 1.11. The van der Waals surface area contributed by atoms with Crippen molar-refractivity contribution in [3.63, 3.8) is 0 Å². The van der Waals surface area contributed by atoms with Crippen molar-refractivity contribution in [2.45, 2.75) is 6.92 Å². The summed E-state index contributed by atoms with van der Waals surface area (Å²) in [4.78, 5) is 28.3. The van der Waals surface area contributed by atoms with Crippen LogP contribution in [0.15, 0.2) is 94.3 Å². The molecule has 0 saturated carbocycles. The van der Waals surface area contributed by atoms with Gasteiger partial charge in [-0.15, -0.1) is 0 Å². The third-order valence-electron chi connectivity index (χ3n) is 5.08. The first-order valence-electron chi connectivity index (χ1n) is 10.9. The molecule has 0 aliphatic carbocycles. The molecule has 5 aromatic rings. The molecule has 0 radical (unpaired) electrons. The van der Waals surface area contributed by atoms with Gasteiger partial charge in [-0.2, -0.15) is 13.5 Å². The van der Waals surface area contributed by atoms with Gasteiger partial charge in [0.15, 0.2) is 5.65 Å². The van der Waals surface area contributed by atoms with E-state index < -0.39 is 16.3 Å². The zero-order valence-electron chi connectivity index (χ0n) is 19.7. The second-order valence-corrected chi connectivity index (χ2v) is 9.72. The lowest BCUT2D eigenvalue weighted by Gasteiger charge is -2.13. The van der Waals surface area contributed by atoms with E-state index in [0.717, 1.165) is 22.6 Å². The van der Waals surface area contributed by atoms with Crippen molar-refractivity contribution in [3.8, 4) is 22.8 Å². The molecule has 2 heterocycles. The SMILES string of the molecule is CC(=O)OC=S(=O)=O.O=c1c2cnn(-c3ccccc3)c2nc(-c2ccc(Br)cc2)n1-c1ccc(Cl)cc1. The first-order chi connectivity index (χ1) is 18.2. The summed E-state index contributed by atoms with van der Waals surface area (Å²) < 4.78 is 27.3. The molecule has 9 nitrogen and oxygen atoms in total. The van der Waals surface area contributed by atoms with E-state index in [1.54, 1.807) is 39.7 Å². The van der Waals surface area contributed by atoms with Gasteiger partial charge in [0.25, 0.3) is 5.56 Å². The second-order valence-electron chi connectivity index (χ2n) is 7.65. The maximum atomic E-state index is 13.5. The number of benzene rings is 3. The maximum Gasteiger partial charge on any atom is 0.308 e. The van der Waals surface area contributed by atoms with E-state index in [2.05, 4.69) is 25.8 Å². The lowest BCUT2D eigenvalue weighted by Crippen LogP contribution is -2.22. The van der Waals surface area contributed by atoms with E-state index in [1.165, 1.54) is 0 Å². The number of para-hydroxylation sites is 1. The van der Waals surface area contributed by atoms with Gasteiger partial charge in [0.2, 0.25) is 15.8 Å².